The Balaban J connectivity index is 0.000000299. The lowest BCUT2D eigenvalue weighted by Gasteiger charge is -2.28. The van der Waals surface area contributed by atoms with Gasteiger partial charge >= 0.3 is 6.61 Å². The first-order valence-corrected chi connectivity index (χ1v) is 8.81. The standard InChI is InChI=1S/C11H8ClF2NO.C8H19N/c1-6-5-7-3-2-4-15-9(7)8(12)10(6)16-11(13)14;1-6-9(7(2)3)8(4)5/h2-5,11H,1H3;7-8H,6H2,1-5H3. The highest BCUT2D eigenvalue weighted by atomic mass is 35.5. The first-order valence-electron chi connectivity index (χ1n) is 8.43. The van der Waals surface area contributed by atoms with Crippen molar-refractivity contribution < 1.29 is 13.5 Å². The van der Waals surface area contributed by atoms with Crippen LogP contribution in [-0.4, -0.2) is 35.1 Å². The van der Waals surface area contributed by atoms with E-state index in [1.54, 1.807) is 25.3 Å². The molecule has 0 amide bonds. The van der Waals surface area contributed by atoms with Crippen molar-refractivity contribution in [3.05, 3.63) is 35.0 Å². The molecule has 0 atom stereocenters. The number of benzene rings is 1. The third-order valence-corrected chi connectivity index (χ3v) is 4.23. The third-order valence-electron chi connectivity index (χ3n) is 3.88. The van der Waals surface area contributed by atoms with Crippen molar-refractivity contribution in [2.24, 2.45) is 0 Å². The van der Waals surface area contributed by atoms with Gasteiger partial charge in [-0.1, -0.05) is 24.6 Å². The molecule has 0 N–H and O–H groups in total. The van der Waals surface area contributed by atoms with Gasteiger partial charge in [-0.15, -0.1) is 0 Å². The molecular weight excluding hydrogens is 346 g/mol. The fraction of sp³-hybridized carbons (Fsp3) is 0.526. The molecule has 0 radical (unpaired) electrons. The van der Waals surface area contributed by atoms with Gasteiger partial charge in [0.05, 0.1) is 5.52 Å². The highest BCUT2D eigenvalue weighted by Gasteiger charge is 2.15. The lowest BCUT2D eigenvalue weighted by atomic mass is 10.1. The predicted molar refractivity (Wildman–Crippen MR) is 101 cm³/mol. The molecule has 0 fully saturated rings. The van der Waals surface area contributed by atoms with E-state index in [1.165, 1.54) is 0 Å². The maximum atomic E-state index is 12.2. The molecule has 0 aliphatic rings. The van der Waals surface area contributed by atoms with E-state index in [0.29, 0.717) is 23.2 Å². The van der Waals surface area contributed by atoms with E-state index in [2.05, 4.69) is 49.2 Å². The Morgan fingerprint density at radius 2 is 1.80 bits per heavy atom. The second-order valence-electron chi connectivity index (χ2n) is 6.31. The largest absolute Gasteiger partial charge is 0.433 e. The van der Waals surface area contributed by atoms with Crippen molar-refractivity contribution in [2.45, 2.75) is 60.2 Å². The van der Waals surface area contributed by atoms with Crippen LogP contribution < -0.4 is 4.74 Å². The van der Waals surface area contributed by atoms with E-state index in [9.17, 15) is 8.78 Å². The molecule has 140 valence electrons. The van der Waals surface area contributed by atoms with Crippen LogP contribution in [0.1, 0.15) is 40.2 Å². The molecule has 0 spiro atoms. The molecule has 0 aliphatic heterocycles. The summed E-state index contributed by atoms with van der Waals surface area (Å²) in [7, 11) is 0. The fourth-order valence-corrected chi connectivity index (χ4v) is 3.21. The van der Waals surface area contributed by atoms with Crippen molar-refractivity contribution in [1.82, 2.24) is 9.88 Å². The number of fused-ring (bicyclic) bond motifs is 1. The van der Waals surface area contributed by atoms with Gasteiger partial charge < -0.3 is 4.74 Å². The molecule has 0 saturated heterocycles. The zero-order valence-corrected chi connectivity index (χ0v) is 16.4. The van der Waals surface area contributed by atoms with Crippen LogP contribution in [0.25, 0.3) is 10.9 Å². The normalized spacial score (nSPS) is 11.4. The van der Waals surface area contributed by atoms with E-state index >= 15 is 0 Å². The van der Waals surface area contributed by atoms with Crippen LogP contribution in [0.5, 0.6) is 5.75 Å². The SMILES string of the molecule is CCN(C(C)C)C(C)C.Cc1cc2cccnc2c(Cl)c1OC(F)F. The molecule has 3 nitrogen and oxygen atoms in total. The summed E-state index contributed by atoms with van der Waals surface area (Å²) in [5.41, 5.74) is 1.02. The van der Waals surface area contributed by atoms with Crippen LogP contribution in [0.15, 0.2) is 24.4 Å². The van der Waals surface area contributed by atoms with E-state index in [4.69, 9.17) is 11.6 Å². The lowest BCUT2D eigenvalue weighted by molar-refractivity contribution is -0.0501. The molecule has 0 saturated carbocycles. The van der Waals surface area contributed by atoms with Crippen LogP contribution >= 0.6 is 11.6 Å². The number of hydrogen-bond donors (Lipinski definition) is 0. The van der Waals surface area contributed by atoms with E-state index in [1.807, 2.05) is 6.07 Å². The molecule has 2 aromatic rings. The van der Waals surface area contributed by atoms with Crippen molar-refractivity contribution in [1.29, 1.82) is 0 Å². The van der Waals surface area contributed by atoms with Crippen LogP contribution in [0.3, 0.4) is 0 Å². The highest BCUT2D eigenvalue weighted by Crippen LogP contribution is 2.35. The number of ether oxygens (including phenoxy) is 1. The second-order valence-corrected chi connectivity index (χ2v) is 6.69. The Morgan fingerprint density at radius 1 is 1.20 bits per heavy atom. The Bertz CT molecular complexity index is 670. The zero-order chi connectivity index (χ0) is 19.1. The van der Waals surface area contributed by atoms with Crippen LogP contribution in [0.2, 0.25) is 5.02 Å². The molecule has 0 bridgehead atoms. The number of aryl methyl sites for hydroxylation is 1. The first kappa shape index (κ1) is 21.6. The van der Waals surface area contributed by atoms with Gasteiger partial charge in [0.25, 0.3) is 0 Å². The predicted octanol–water partition coefficient (Wildman–Crippen LogP) is 5.92. The van der Waals surface area contributed by atoms with Gasteiger partial charge in [0.1, 0.15) is 10.8 Å². The lowest BCUT2D eigenvalue weighted by Crippen LogP contribution is -2.36. The summed E-state index contributed by atoms with van der Waals surface area (Å²) in [4.78, 5) is 6.49. The summed E-state index contributed by atoms with van der Waals surface area (Å²) < 4.78 is 28.7. The number of nitrogens with zero attached hydrogens (tertiary/aromatic N) is 2. The molecular formula is C19H27ClF2N2O. The second kappa shape index (κ2) is 9.88. The Kier molecular flexibility index (Phi) is 8.53. The minimum Gasteiger partial charge on any atom is -0.433 e. The van der Waals surface area contributed by atoms with Gasteiger partial charge in [-0.05, 0) is 58.9 Å². The minimum atomic E-state index is -2.89. The third kappa shape index (κ3) is 6.08. The molecule has 25 heavy (non-hydrogen) atoms. The summed E-state index contributed by atoms with van der Waals surface area (Å²) in [6.45, 7) is 11.1. The van der Waals surface area contributed by atoms with Gasteiger partial charge in [0.15, 0.2) is 0 Å². The van der Waals surface area contributed by atoms with E-state index in [-0.39, 0.29) is 10.8 Å². The summed E-state index contributed by atoms with van der Waals surface area (Å²) in [5.74, 6) is -0.0112. The summed E-state index contributed by atoms with van der Waals surface area (Å²) in [6.07, 6.45) is 1.55. The van der Waals surface area contributed by atoms with E-state index in [0.717, 1.165) is 11.9 Å². The highest BCUT2D eigenvalue weighted by molar-refractivity contribution is 6.36. The van der Waals surface area contributed by atoms with Crippen LogP contribution in [-0.2, 0) is 0 Å². The Labute approximate surface area is 153 Å². The number of aromatic nitrogens is 1. The fourth-order valence-electron chi connectivity index (χ4n) is 2.86. The molecule has 1 heterocycles. The van der Waals surface area contributed by atoms with Crippen molar-refractivity contribution in [2.75, 3.05) is 6.54 Å². The van der Waals surface area contributed by atoms with Crippen molar-refractivity contribution in [3.8, 4) is 5.75 Å². The van der Waals surface area contributed by atoms with Gasteiger partial charge in [-0.3, -0.25) is 9.88 Å². The Morgan fingerprint density at radius 3 is 2.24 bits per heavy atom. The van der Waals surface area contributed by atoms with Crippen molar-refractivity contribution in [3.63, 3.8) is 0 Å². The monoisotopic (exact) mass is 372 g/mol. The summed E-state index contributed by atoms with van der Waals surface area (Å²) >= 11 is 5.97. The number of hydrogen-bond acceptors (Lipinski definition) is 3. The van der Waals surface area contributed by atoms with Gasteiger partial charge in [0, 0.05) is 23.7 Å². The number of rotatable bonds is 5. The number of alkyl halides is 2. The molecule has 6 heteroatoms. The van der Waals surface area contributed by atoms with Crippen LogP contribution in [0, 0.1) is 6.92 Å². The average molecular weight is 373 g/mol. The van der Waals surface area contributed by atoms with Crippen molar-refractivity contribution >= 4 is 22.5 Å². The average Bonchev–Trinajstić information content (AvgIpc) is 2.51. The number of pyridine rings is 1. The summed E-state index contributed by atoms with van der Waals surface area (Å²) in [6, 6.07) is 6.66. The van der Waals surface area contributed by atoms with Crippen LogP contribution in [0.4, 0.5) is 8.78 Å². The molecule has 1 aromatic heterocycles. The first-order chi connectivity index (χ1) is 11.7. The van der Waals surface area contributed by atoms with Gasteiger partial charge in [-0.25, -0.2) is 0 Å². The zero-order valence-electron chi connectivity index (χ0n) is 15.7. The molecule has 1 aromatic carbocycles. The Hall–Kier alpha value is -1.46. The molecule has 2 rings (SSSR count). The molecule has 0 unspecified atom stereocenters. The molecule has 0 aliphatic carbocycles. The quantitative estimate of drug-likeness (QED) is 0.651. The van der Waals surface area contributed by atoms with E-state index < -0.39 is 6.61 Å². The minimum absolute atomic E-state index is 0.0112. The maximum Gasteiger partial charge on any atom is 0.387 e. The topological polar surface area (TPSA) is 25.4 Å². The van der Waals surface area contributed by atoms with Gasteiger partial charge in [0.2, 0.25) is 0 Å². The van der Waals surface area contributed by atoms with Gasteiger partial charge in [-0.2, -0.15) is 8.78 Å². The smallest absolute Gasteiger partial charge is 0.387 e. The summed E-state index contributed by atoms with van der Waals surface area (Å²) in [5, 5.41) is 0.919. The maximum absolute atomic E-state index is 12.2. The number of halogens is 3.